The zero-order valence-electron chi connectivity index (χ0n) is 47.4. The minimum atomic E-state index is -0.784. The minimum absolute atomic E-state index is 0.0823. The van der Waals surface area contributed by atoms with Gasteiger partial charge in [0.05, 0.1) is 0 Å². The zero-order valence-corrected chi connectivity index (χ0v) is 47.4. The SMILES string of the molecule is CC/C=C\C/C=C\C/C=C\C/C=C\CCCCCCCCCCCCCCCCCCCCC(=O)OCC(COC(=O)CCCCCCC/C=C\CCC)OC(=O)CCCCCCC/C=C\C/C=C\CCC. The summed E-state index contributed by atoms with van der Waals surface area (Å²) >= 11 is 0. The van der Waals surface area contributed by atoms with Crippen LogP contribution in [0.1, 0.15) is 297 Å². The Bertz CT molecular complexity index is 1380. The van der Waals surface area contributed by atoms with Crippen molar-refractivity contribution in [1.29, 1.82) is 0 Å². The molecule has 0 aliphatic rings. The first kappa shape index (κ1) is 68.6. The molecule has 6 nitrogen and oxygen atoms in total. The highest BCUT2D eigenvalue weighted by Gasteiger charge is 2.19. The lowest BCUT2D eigenvalue weighted by Gasteiger charge is -2.18. The Morgan fingerprint density at radius 1 is 0.292 bits per heavy atom. The Morgan fingerprint density at radius 2 is 0.542 bits per heavy atom. The van der Waals surface area contributed by atoms with E-state index in [-0.39, 0.29) is 31.1 Å². The first-order valence-corrected chi connectivity index (χ1v) is 30.6. The molecule has 0 aromatic carbocycles. The summed E-state index contributed by atoms with van der Waals surface area (Å²) in [5, 5.41) is 0. The van der Waals surface area contributed by atoms with E-state index >= 15 is 0 Å². The van der Waals surface area contributed by atoms with E-state index in [2.05, 4.69) is 106 Å². The molecule has 0 saturated heterocycles. The van der Waals surface area contributed by atoms with Gasteiger partial charge in [-0.1, -0.05) is 260 Å². The Labute approximate surface area is 445 Å². The Balaban J connectivity index is 4.09. The monoisotopic (exact) mass is 1000 g/mol. The van der Waals surface area contributed by atoms with E-state index in [4.69, 9.17) is 14.2 Å². The van der Waals surface area contributed by atoms with Gasteiger partial charge in [0.25, 0.3) is 0 Å². The molecule has 1 unspecified atom stereocenters. The molecule has 0 aliphatic carbocycles. The second-order valence-electron chi connectivity index (χ2n) is 20.2. The van der Waals surface area contributed by atoms with Gasteiger partial charge in [-0.25, -0.2) is 0 Å². The van der Waals surface area contributed by atoms with E-state index in [1.165, 1.54) is 128 Å². The maximum Gasteiger partial charge on any atom is 0.306 e. The Kier molecular flexibility index (Phi) is 57.3. The Hall–Kier alpha value is -3.41. The zero-order chi connectivity index (χ0) is 52.2. The normalized spacial score (nSPS) is 12.7. The van der Waals surface area contributed by atoms with Crippen LogP contribution in [-0.2, 0) is 28.6 Å². The van der Waals surface area contributed by atoms with Crippen molar-refractivity contribution in [3.05, 3.63) is 85.1 Å². The van der Waals surface area contributed by atoms with Crippen molar-refractivity contribution in [2.45, 2.75) is 303 Å². The maximum atomic E-state index is 12.8. The molecule has 0 spiro atoms. The number of unbranched alkanes of at least 4 members (excludes halogenated alkanes) is 30. The number of hydrogen-bond acceptors (Lipinski definition) is 6. The predicted octanol–water partition coefficient (Wildman–Crippen LogP) is 20.7. The highest BCUT2D eigenvalue weighted by atomic mass is 16.6. The average molecular weight is 1000 g/mol. The average Bonchev–Trinajstić information content (AvgIpc) is 3.38. The lowest BCUT2D eigenvalue weighted by atomic mass is 10.0. The lowest BCUT2D eigenvalue weighted by Crippen LogP contribution is -2.30. The molecule has 0 N–H and O–H groups in total. The predicted molar refractivity (Wildman–Crippen MR) is 311 cm³/mol. The molecule has 0 fully saturated rings. The summed E-state index contributed by atoms with van der Waals surface area (Å²) in [7, 11) is 0. The fourth-order valence-corrected chi connectivity index (χ4v) is 8.53. The number of hydrogen-bond donors (Lipinski definition) is 0. The molecular weight excluding hydrogens is 889 g/mol. The highest BCUT2D eigenvalue weighted by Crippen LogP contribution is 2.16. The van der Waals surface area contributed by atoms with E-state index in [0.29, 0.717) is 19.3 Å². The summed E-state index contributed by atoms with van der Waals surface area (Å²) in [6.45, 7) is 6.40. The number of ether oxygens (including phenoxy) is 3. The molecule has 6 heteroatoms. The van der Waals surface area contributed by atoms with Gasteiger partial charge in [0.2, 0.25) is 0 Å². The molecule has 0 heterocycles. The molecular formula is C66H114O6. The number of allylic oxidation sites excluding steroid dienone is 14. The number of carbonyl (C=O) groups is 3. The molecule has 0 aliphatic heterocycles. The maximum absolute atomic E-state index is 12.8. The quantitative estimate of drug-likeness (QED) is 0.0261. The van der Waals surface area contributed by atoms with E-state index in [0.717, 1.165) is 128 Å². The molecule has 0 rings (SSSR count). The molecule has 72 heavy (non-hydrogen) atoms. The van der Waals surface area contributed by atoms with Crippen LogP contribution < -0.4 is 0 Å². The fraction of sp³-hybridized carbons (Fsp3) is 0.742. The van der Waals surface area contributed by atoms with E-state index in [1.807, 2.05) is 0 Å². The van der Waals surface area contributed by atoms with Crippen LogP contribution in [0.15, 0.2) is 85.1 Å². The summed E-state index contributed by atoms with van der Waals surface area (Å²) in [5.74, 6) is -0.900. The molecule has 414 valence electrons. The van der Waals surface area contributed by atoms with Crippen LogP contribution in [0.5, 0.6) is 0 Å². The minimum Gasteiger partial charge on any atom is -0.462 e. The molecule has 1 atom stereocenters. The van der Waals surface area contributed by atoms with Crippen molar-refractivity contribution in [3.63, 3.8) is 0 Å². The summed E-state index contributed by atoms with van der Waals surface area (Å²) in [6.07, 6.45) is 79.0. The van der Waals surface area contributed by atoms with Crippen molar-refractivity contribution in [2.75, 3.05) is 13.2 Å². The van der Waals surface area contributed by atoms with Gasteiger partial charge in [-0.05, 0) is 103 Å². The van der Waals surface area contributed by atoms with Gasteiger partial charge in [0, 0.05) is 19.3 Å². The van der Waals surface area contributed by atoms with E-state index in [1.54, 1.807) is 0 Å². The topological polar surface area (TPSA) is 78.9 Å². The van der Waals surface area contributed by atoms with E-state index in [9.17, 15) is 14.4 Å². The van der Waals surface area contributed by atoms with Gasteiger partial charge in [-0.15, -0.1) is 0 Å². The molecule has 0 aromatic heterocycles. The van der Waals surface area contributed by atoms with Crippen LogP contribution in [0.4, 0.5) is 0 Å². The standard InChI is InChI=1S/C66H114O6/c1-4-7-10-13-16-19-22-24-25-26-27-28-29-30-31-32-33-34-35-36-37-38-39-40-41-43-44-47-50-53-56-59-65(68)71-62-63(61-70-64(67)58-55-52-49-46-21-18-15-12-9-6-3)72-66(69)60-57-54-51-48-45-42-23-20-17-14-11-8-5-2/h7,10-12,14-16,19-20,23-25,27-28,63H,4-6,8-9,13,17-18,21-22,26,29-62H2,1-3H3/b10-7-,14-11-,15-12-,19-16-,23-20-,25-24-,28-27-. The fourth-order valence-electron chi connectivity index (χ4n) is 8.53. The van der Waals surface area contributed by atoms with Gasteiger partial charge in [-0.3, -0.25) is 14.4 Å². The van der Waals surface area contributed by atoms with Crippen molar-refractivity contribution in [1.82, 2.24) is 0 Å². The highest BCUT2D eigenvalue weighted by molar-refractivity contribution is 5.71. The van der Waals surface area contributed by atoms with Gasteiger partial charge in [0.15, 0.2) is 6.10 Å². The molecule has 0 aromatic rings. The van der Waals surface area contributed by atoms with Crippen molar-refractivity contribution < 1.29 is 28.6 Å². The van der Waals surface area contributed by atoms with Gasteiger partial charge >= 0.3 is 17.9 Å². The van der Waals surface area contributed by atoms with Crippen LogP contribution >= 0.6 is 0 Å². The van der Waals surface area contributed by atoms with Crippen LogP contribution in [0.2, 0.25) is 0 Å². The smallest absolute Gasteiger partial charge is 0.306 e. The first-order chi connectivity index (χ1) is 35.5. The van der Waals surface area contributed by atoms with Gasteiger partial charge in [0.1, 0.15) is 13.2 Å². The van der Waals surface area contributed by atoms with Crippen LogP contribution in [0.25, 0.3) is 0 Å². The van der Waals surface area contributed by atoms with Crippen LogP contribution in [0, 0.1) is 0 Å². The number of carbonyl (C=O) groups excluding carboxylic acids is 3. The van der Waals surface area contributed by atoms with Crippen LogP contribution in [-0.4, -0.2) is 37.2 Å². The molecule has 0 saturated carbocycles. The summed E-state index contributed by atoms with van der Waals surface area (Å²) in [4.78, 5) is 38.1. The second-order valence-corrected chi connectivity index (χ2v) is 20.2. The lowest BCUT2D eigenvalue weighted by molar-refractivity contribution is -0.167. The van der Waals surface area contributed by atoms with Crippen molar-refractivity contribution >= 4 is 17.9 Å². The number of rotatable bonds is 55. The third kappa shape index (κ3) is 57.5. The van der Waals surface area contributed by atoms with Crippen molar-refractivity contribution in [3.8, 4) is 0 Å². The third-order valence-electron chi connectivity index (χ3n) is 13.1. The summed E-state index contributed by atoms with van der Waals surface area (Å²) in [6, 6.07) is 0. The van der Waals surface area contributed by atoms with Crippen molar-refractivity contribution in [2.24, 2.45) is 0 Å². The Morgan fingerprint density at radius 3 is 0.875 bits per heavy atom. The first-order valence-electron chi connectivity index (χ1n) is 30.6. The number of esters is 3. The third-order valence-corrected chi connectivity index (χ3v) is 13.1. The van der Waals surface area contributed by atoms with Gasteiger partial charge in [-0.2, -0.15) is 0 Å². The second kappa shape index (κ2) is 60.1. The summed E-state index contributed by atoms with van der Waals surface area (Å²) < 4.78 is 16.8. The largest absolute Gasteiger partial charge is 0.462 e. The van der Waals surface area contributed by atoms with Crippen LogP contribution in [0.3, 0.4) is 0 Å². The molecule has 0 bridgehead atoms. The van der Waals surface area contributed by atoms with E-state index < -0.39 is 6.10 Å². The summed E-state index contributed by atoms with van der Waals surface area (Å²) in [5.41, 5.74) is 0. The molecule has 0 amide bonds. The molecule has 0 radical (unpaired) electrons. The van der Waals surface area contributed by atoms with Gasteiger partial charge < -0.3 is 14.2 Å².